The Labute approximate surface area is 136 Å². The zero-order valence-corrected chi connectivity index (χ0v) is 15.5. The van der Waals surface area contributed by atoms with Gasteiger partial charge in [0.15, 0.2) is 9.04 Å². The number of alkyl halides is 13. The summed E-state index contributed by atoms with van der Waals surface area (Å²) in [6.45, 7) is 1.17. The van der Waals surface area contributed by atoms with Crippen molar-refractivity contribution in [3.05, 3.63) is 0 Å². The molecule has 0 bridgehead atoms. The molecule has 0 aliphatic carbocycles. The maximum absolute atomic E-state index is 13.3. The van der Waals surface area contributed by atoms with Gasteiger partial charge in [-0.25, -0.2) is 0 Å². The second-order valence-corrected chi connectivity index (χ2v) is 9.17. The SMILES string of the molecule is C[SiH](CCC(F)(F)C(F)(F)C(F)(F)C(F)(F)C(F)(F)C(F)(F)F)O[SiH3]. The first-order valence-corrected chi connectivity index (χ1v) is 9.45. The van der Waals surface area contributed by atoms with Crippen LogP contribution in [0.5, 0.6) is 0 Å². The minimum atomic E-state index is -7.83. The first-order chi connectivity index (χ1) is 10.7. The van der Waals surface area contributed by atoms with E-state index in [-0.39, 0.29) is 10.5 Å². The predicted octanol–water partition coefficient (Wildman–Crippen LogP) is 3.77. The molecule has 0 aromatic rings. The van der Waals surface area contributed by atoms with E-state index in [0.717, 1.165) is 0 Å². The fourth-order valence-corrected chi connectivity index (χ4v) is 3.17. The van der Waals surface area contributed by atoms with Gasteiger partial charge in [-0.1, -0.05) is 0 Å². The molecule has 0 fully saturated rings. The topological polar surface area (TPSA) is 9.23 Å². The van der Waals surface area contributed by atoms with Crippen LogP contribution in [-0.2, 0) is 4.12 Å². The summed E-state index contributed by atoms with van der Waals surface area (Å²) < 4.78 is 170. The van der Waals surface area contributed by atoms with Crippen LogP contribution in [0.2, 0.25) is 12.6 Å². The van der Waals surface area contributed by atoms with Crippen LogP contribution in [0.3, 0.4) is 0 Å². The molecule has 0 saturated heterocycles. The molecule has 0 radical (unpaired) electrons. The van der Waals surface area contributed by atoms with E-state index in [2.05, 4.69) is 4.12 Å². The molecule has 0 N–H and O–H groups in total. The average molecular weight is 438 g/mol. The standard InChI is InChI=1S/C9H11F13OSi2/c1-25(23-24)3-2-4(10,11)5(12,13)6(14,15)7(16,17)8(18,19)9(20,21)22/h25H,2-3H2,1,24H3. The summed E-state index contributed by atoms with van der Waals surface area (Å²) in [5, 5.41) is 0. The molecule has 25 heavy (non-hydrogen) atoms. The Balaban J connectivity index is 5.95. The van der Waals surface area contributed by atoms with Gasteiger partial charge in [0, 0.05) is 6.42 Å². The normalized spacial score (nSPS) is 17.0. The predicted molar refractivity (Wildman–Crippen MR) is 64.3 cm³/mol. The molecule has 0 spiro atoms. The molecule has 0 rings (SSSR count). The lowest BCUT2D eigenvalue weighted by molar-refractivity contribution is -0.439. The molecule has 16 heteroatoms. The van der Waals surface area contributed by atoms with Gasteiger partial charge in [-0.05, 0) is 12.6 Å². The number of rotatable bonds is 8. The second-order valence-electron chi connectivity index (χ2n) is 5.08. The van der Waals surface area contributed by atoms with Crippen LogP contribution in [0, 0.1) is 0 Å². The van der Waals surface area contributed by atoms with E-state index in [9.17, 15) is 57.1 Å². The molecule has 1 nitrogen and oxygen atoms in total. The third-order valence-electron chi connectivity index (χ3n) is 3.27. The Morgan fingerprint density at radius 3 is 1.36 bits per heavy atom. The van der Waals surface area contributed by atoms with E-state index in [0.29, 0.717) is 0 Å². The van der Waals surface area contributed by atoms with Crippen molar-refractivity contribution in [1.82, 2.24) is 0 Å². The van der Waals surface area contributed by atoms with Crippen molar-refractivity contribution in [2.75, 3.05) is 0 Å². The van der Waals surface area contributed by atoms with Gasteiger partial charge in [-0.15, -0.1) is 0 Å². The summed E-state index contributed by atoms with van der Waals surface area (Å²) >= 11 is 0. The van der Waals surface area contributed by atoms with Crippen LogP contribution in [0.25, 0.3) is 0 Å². The highest BCUT2D eigenvalue weighted by Crippen LogP contribution is 2.60. The molecule has 0 aromatic heterocycles. The summed E-state index contributed by atoms with van der Waals surface area (Å²) in [6, 6.07) is -0.927. The highest BCUT2D eigenvalue weighted by molar-refractivity contribution is 6.54. The molecule has 0 saturated carbocycles. The van der Waals surface area contributed by atoms with E-state index in [1.165, 1.54) is 6.55 Å². The molecule has 0 aliphatic rings. The van der Waals surface area contributed by atoms with Crippen molar-refractivity contribution in [2.45, 2.75) is 54.8 Å². The van der Waals surface area contributed by atoms with Crippen molar-refractivity contribution in [2.24, 2.45) is 0 Å². The van der Waals surface area contributed by atoms with E-state index >= 15 is 0 Å². The number of halogens is 13. The van der Waals surface area contributed by atoms with Crippen LogP contribution in [0.4, 0.5) is 57.1 Å². The van der Waals surface area contributed by atoms with Crippen molar-refractivity contribution in [3.63, 3.8) is 0 Å². The smallest absolute Gasteiger partial charge is 0.460 e. The largest absolute Gasteiger partial charge is 0.466 e. The quantitative estimate of drug-likeness (QED) is 0.414. The van der Waals surface area contributed by atoms with Gasteiger partial charge in [0.2, 0.25) is 0 Å². The van der Waals surface area contributed by atoms with Crippen LogP contribution >= 0.6 is 0 Å². The molecule has 1 atom stereocenters. The maximum Gasteiger partial charge on any atom is 0.460 e. The highest BCUT2D eigenvalue weighted by atomic mass is 28.3. The van der Waals surface area contributed by atoms with Crippen LogP contribution in [-0.4, -0.2) is 55.3 Å². The molecule has 0 amide bonds. The minimum absolute atomic E-state index is 0.0278. The molecule has 0 aliphatic heterocycles. The maximum atomic E-state index is 13.3. The molecule has 1 unspecified atom stereocenters. The zero-order valence-electron chi connectivity index (χ0n) is 12.3. The Morgan fingerprint density at radius 2 is 1.04 bits per heavy atom. The fourth-order valence-electron chi connectivity index (χ4n) is 1.46. The fraction of sp³-hybridized carbons (Fsp3) is 1.00. The average Bonchev–Trinajstić information content (AvgIpc) is 2.42. The van der Waals surface area contributed by atoms with Gasteiger partial charge in [0.05, 0.1) is 0 Å². The Hall–Kier alpha value is -0.516. The third-order valence-corrected chi connectivity index (χ3v) is 7.59. The first-order valence-electron chi connectivity index (χ1n) is 6.19. The van der Waals surface area contributed by atoms with Crippen molar-refractivity contribution < 1.29 is 61.2 Å². The lowest BCUT2D eigenvalue weighted by Crippen LogP contribution is -2.70. The molecule has 152 valence electrons. The zero-order chi connectivity index (χ0) is 20.7. The summed E-state index contributed by atoms with van der Waals surface area (Å²) in [5.41, 5.74) is 0. The van der Waals surface area contributed by atoms with Gasteiger partial charge >= 0.3 is 35.8 Å². The highest BCUT2D eigenvalue weighted by Gasteiger charge is 2.90. The van der Waals surface area contributed by atoms with E-state index < -0.39 is 57.3 Å². The van der Waals surface area contributed by atoms with Crippen LogP contribution < -0.4 is 0 Å². The number of hydrogen-bond acceptors (Lipinski definition) is 1. The Bertz CT molecular complexity index is 461. The van der Waals surface area contributed by atoms with E-state index in [1.54, 1.807) is 0 Å². The lowest BCUT2D eigenvalue weighted by Gasteiger charge is -2.39. The minimum Gasteiger partial charge on any atom is -0.466 e. The van der Waals surface area contributed by atoms with Gasteiger partial charge in [-0.3, -0.25) is 0 Å². The van der Waals surface area contributed by atoms with Crippen molar-refractivity contribution in [3.8, 4) is 0 Å². The van der Waals surface area contributed by atoms with Crippen molar-refractivity contribution in [1.29, 1.82) is 0 Å². The summed E-state index contributed by atoms with van der Waals surface area (Å²) in [7, 11) is -2.55. The Morgan fingerprint density at radius 1 is 0.680 bits per heavy atom. The second kappa shape index (κ2) is 6.90. The summed E-state index contributed by atoms with van der Waals surface area (Å²) in [6.07, 6.45) is -9.54. The van der Waals surface area contributed by atoms with Gasteiger partial charge in [-0.2, -0.15) is 57.1 Å². The van der Waals surface area contributed by atoms with Crippen LogP contribution in [0.1, 0.15) is 6.42 Å². The molecule has 0 aromatic carbocycles. The Kier molecular flexibility index (Phi) is 6.76. The summed E-state index contributed by atoms with van der Waals surface area (Å²) in [4.78, 5) is 0. The third kappa shape index (κ3) is 3.93. The molecular weight excluding hydrogens is 427 g/mol. The van der Waals surface area contributed by atoms with Gasteiger partial charge in [0.1, 0.15) is 10.5 Å². The van der Waals surface area contributed by atoms with Crippen molar-refractivity contribution >= 4 is 19.5 Å². The first kappa shape index (κ1) is 24.5. The summed E-state index contributed by atoms with van der Waals surface area (Å²) in [5.74, 6) is -36.4. The molecular formula is C9H11F13OSi2. The van der Waals surface area contributed by atoms with E-state index in [4.69, 9.17) is 0 Å². The molecule has 0 heterocycles. The number of hydrogen-bond donors (Lipinski definition) is 0. The monoisotopic (exact) mass is 438 g/mol. The van der Waals surface area contributed by atoms with Crippen LogP contribution in [0.15, 0.2) is 0 Å². The lowest BCUT2D eigenvalue weighted by atomic mass is 9.93. The van der Waals surface area contributed by atoms with E-state index in [1.807, 2.05) is 0 Å². The van der Waals surface area contributed by atoms with Gasteiger partial charge in [0.25, 0.3) is 0 Å². The van der Waals surface area contributed by atoms with Gasteiger partial charge < -0.3 is 4.12 Å².